The van der Waals surface area contributed by atoms with Crippen molar-refractivity contribution in [2.75, 3.05) is 5.32 Å². The fourth-order valence-corrected chi connectivity index (χ4v) is 2.26. The molecule has 1 aromatic heterocycles. The average molecular weight is 324 g/mol. The Morgan fingerprint density at radius 1 is 1.10 bits per heavy atom. The standard InChI is InChI=1S/C15H15Cl2N3O/c1-9(2)19-15(21)14-4-3-12(8-18-14)20-13-6-10(16)5-11(17)7-13/h3-9,20H,1-2H3,(H,19,21). The van der Waals surface area contributed by atoms with Crippen LogP contribution in [0.2, 0.25) is 10.0 Å². The largest absolute Gasteiger partial charge is 0.354 e. The number of benzene rings is 1. The van der Waals surface area contributed by atoms with Crippen LogP contribution >= 0.6 is 23.2 Å². The highest BCUT2D eigenvalue weighted by atomic mass is 35.5. The van der Waals surface area contributed by atoms with Gasteiger partial charge in [0, 0.05) is 21.8 Å². The van der Waals surface area contributed by atoms with E-state index in [0.29, 0.717) is 15.7 Å². The van der Waals surface area contributed by atoms with Crippen molar-refractivity contribution in [1.82, 2.24) is 10.3 Å². The number of hydrogen-bond donors (Lipinski definition) is 2. The fourth-order valence-electron chi connectivity index (χ4n) is 1.73. The van der Waals surface area contributed by atoms with E-state index >= 15 is 0 Å². The molecule has 2 N–H and O–H groups in total. The van der Waals surface area contributed by atoms with Gasteiger partial charge < -0.3 is 10.6 Å². The maximum atomic E-state index is 11.8. The van der Waals surface area contributed by atoms with Crippen LogP contribution in [0.4, 0.5) is 11.4 Å². The molecule has 21 heavy (non-hydrogen) atoms. The van der Waals surface area contributed by atoms with Gasteiger partial charge in [-0.3, -0.25) is 4.79 Å². The van der Waals surface area contributed by atoms with Crippen molar-refractivity contribution in [2.24, 2.45) is 0 Å². The molecular weight excluding hydrogens is 309 g/mol. The second-order valence-electron chi connectivity index (χ2n) is 4.84. The third-order valence-corrected chi connectivity index (χ3v) is 3.00. The topological polar surface area (TPSA) is 54.0 Å². The number of nitrogens with zero attached hydrogens (tertiary/aromatic N) is 1. The first-order chi connectivity index (χ1) is 9.94. The second-order valence-corrected chi connectivity index (χ2v) is 5.72. The summed E-state index contributed by atoms with van der Waals surface area (Å²) < 4.78 is 0. The molecule has 0 spiro atoms. The third kappa shape index (κ3) is 4.62. The van der Waals surface area contributed by atoms with Crippen LogP contribution in [0, 0.1) is 0 Å². The van der Waals surface area contributed by atoms with E-state index in [4.69, 9.17) is 23.2 Å². The van der Waals surface area contributed by atoms with E-state index < -0.39 is 0 Å². The number of aromatic nitrogens is 1. The van der Waals surface area contributed by atoms with Crippen molar-refractivity contribution < 1.29 is 4.79 Å². The van der Waals surface area contributed by atoms with Crippen molar-refractivity contribution >= 4 is 40.5 Å². The Bertz CT molecular complexity index is 622. The third-order valence-electron chi connectivity index (χ3n) is 2.57. The van der Waals surface area contributed by atoms with Crippen molar-refractivity contribution in [2.45, 2.75) is 19.9 Å². The molecule has 1 heterocycles. The second kappa shape index (κ2) is 6.78. The Kier molecular flexibility index (Phi) is 5.04. The van der Waals surface area contributed by atoms with Crippen molar-refractivity contribution in [3.8, 4) is 0 Å². The Morgan fingerprint density at radius 2 is 1.76 bits per heavy atom. The Hall–Kier alpha value is -1.78. The molecular formula is C15H15Cl2N3O. The molecule has 4 nitrogen and oxygen atoms in total. The molecule has 0 saturated carbocycles. The van der Waals surface area contributed by atoms with Crippen molar-refractivity contribution in [3.63, 3.8) is 0 Å². The van der Waals surface area contributed by atoms with Gasteiger partial charge in [0.1, 0.15) is 5.69 Å². The number of carbonyl (C=O) groups excluding carboxylic acids is 1. The van der Waals surface area contributed by atoms with E-state index in [0.717, 1.165) is 11.4 Å². The average Bonchev–Trinajstić information content (AvgIpc) is 2.37. The van der Waals surface area contributed by atoms with Crippen LogP contribution in [0.5, 0.6) is 0 Å². The predicted octanol–water partition coefficient (Wildman–Crippen LogP) is 4.27. The summed E-state index contributed by atoms with van der Waals surface area (Å²) in [6, 6.07) is 8.68. The van der Waals surface area contributed by atoms with Gasteiger partial charge in [0.05, 0.1) is 11.9 Å². The van der Waals surface area contributed by atoms with E-state index in [-0.39, 0.29) is 11.9 Å². The number of amides is 1. The number of carbonyl (C=O) groups is 1. The Morgan fingerprint density at radius 3 is 2.29 bits per heavy atom. The summed E-state index contributed by atoms with van der Waals surface area (Å²) in [5.41, 5.74) is 1.88. The predicted molar refractivity (Wildman–Crippen MR) is 86.6 cm³/mol. The van der Waals surface area contributed by atoms with E-state index in [1.807, 2.05) is 13.8 Å². The zero-order valence-electron chi connectivity index (χ0n) is 11.7. The maximum Gasteiger partial charge on any atom is 0.270 e. The summed E-state index contributed by atoms with van der Waals surface area (Å²) in [6.45, 7) is 3.80. The van der Waals surface area contributed by atoms with Gasteiger partial charge in [-0.2, -0.15) is 0 Å². The molecule has 6 heteroatoms. The van der Waals surface area contributed by atoms with Gasteiger partial charge in [-0.1, -0.05) is 23.2 Å². The SMILES string of the molecule is CC(C)NC(=O)c1ccc(Nc2cc(Cl)cc(Cl)c2)cn1. The highest BCUT2D eigenvalue weighted by Crippen LogP contribution is 2.25. The zero-order valence-corrected chi connectivity index (χ0v) is 13.2. The van der Waals surface area contributed by atoms with Crippen LogP contribution in [0.3, 0.4) is 0 Å². The number of halogens is 2. The molecule has 0 atom stereocenters. The smallest absolute Gasteiger partial charge is 0.270 e. The van der Waals surface area contributed by atoms with E-state index in [1.165, 1.54) is 0 Å². The van der Waals surface area contributed by atoms with Gasteiger partial charge >= 0.3 is 0 Å². The minimum Gasteiger partial charge on any atom is -0.354 e. The Balaban J connectivity index is 2.10. The van der Waals surface area contributed by atoms with E-state index in [1.54, 1.807) is 36.5 Å². The molecule has 0 aliphatic carbocycles. The zero-order chi connectivity index (χ0) is 15.4. The molecule has 0 saturated heterocycles. The highest BCUT2D eigenvalue weighted by molar-refractivity contribution is 6.35. The molecule has 110 valence electrons. The van der Waals surface area contributed by atoms with Crippen LogP contribution in [0.1, 0.15) is 24.3 Å². The lowest BCUT2D eigenvalue weighted by Crippen LogP contribution is -2.30. The molecule has 2 rings (SSSR count). The van der Waals surface area contributed by atoms with Gasteiger partial charge in [-0.05, 0) is 44.2 Å². The number of anilines is 2. The minimum absolute atomic E-state index is 0.0747. The van der Waals surface area contributed by atoms with Crippen LogP contribution in [-0.2, 0) is 0 Å². The first kappa shape index (κ1) is 15.6. The van der Waals surface area contributed by atoms with Crippen LogP contribution in [0.15, 0.2) is 36.5 Å². The quantitative estimate of drug-likeness (QED) is 0.883. The summed E-state index contributed by atoms with van der Waals surface area (Å²) in [5.74, 6) is -0.192. The molecule has 2 aromatic rings. The maximum absolute atomic E-state index is 11.8. The fraction of sp³-hybridized carbons (Fsp3) is 0.200. The van der Waals surface area contributed by atoms with Crippen molar-refractivity contribution in [3.05, 3.63) is 52.3 Å². The monoisotopic (exact) mass is 323 g/mol. The molecule has 0 aliphatic rings. The van der Waals surface area contributed by atoms with Gasteiger partial charge in [-0.15, -0.1) is 0 Å². The summed E-state index contributed by atoms with van der Waals surface area (Å²) in [6.07, 6.45) is 1.59. The summed E-state index contributed by atoms with van der Waals surface area (Å²) >= 11 is 11.9. The number of pyridine rings is 1. The summed E-state index contributed by atoms with van der Waals surface area (Å²) in [4.78, 5) is 15.9. The molecule has 0 fully saturated rings. The molecule has 1 amide bonds. The number of nitrogens with one attached hydrogen (secondary N) is 2. The molecule has 0 aliphatic heterocycles. The van der Waals surface area contributed by atoms with Crippen LogP contribution in [-0.4, -0.2) is 16.9 Å². The van der Waals surface area contributed by atoms with E-state index in [9.17, 15) is 4.79 Å². The van der Waals surface area contributed by atoms with Crippen molar-refractivity contribution in [1.29, 1.82) is 0 Å². The first-order valence-corrected chi connectivity index (χ1v) is 7.19. The lowest BCUT2D eigenvalue weighted by atomic mass is 10.2. The number of rotatable bonds is 4. The first-order valence-electron chi connectivity index (χ1n) is 6.44. The molecule has 0 unspecified atom stereocenters. The minimum atomic E-state index is -0.192. The molecule has 1 aromatic carbocycles. The van der Waals surface area contributed by atoms with Gasteiger partial charge in [0.2, 0.25) is 0 Å². The lowest BCUT2D eigenvalue weighted by molar-refractivity contribution is 0.0938. The van der Waals surface area contributed by atoms with Gasteiger partial charge in [0.25, 0.3) is 5.91 Å². The van der Waals surface area contributed by atoms with Crippen LogP contribution in [0.25, 0.3) is 0 Å². The highest BCUT2D eigenvalue weighted by Gasteiger charge is 2.08. The summed E-state index contributed by atoms with van der Waals surface area (Å²) in [7, 11) is 0. The Labute approximate surface area is 133 Å². The molecule has 0 radical (unpaired) electrons. The van der Waals surface area contributed by atoms with E-state index in [2.05, 4.69) is 15.6 Å². The molecule has 0 bridgehead atoms. The van der Waals surface area contributed by atoms with Crippen LogP contribution < -0.4 is 10.6 Å². The normalized spacial score (nSPS) is 10.5. The number of hydrogen-bond acceptors (Lipinski definition) is 3. The van der Waals surface area contributed by atoms with Gasteiger partial charge in [0.15, 0.2) is 0 Å². The lowest BCUT2D eigenvalue weighted by Gasteiger charge is -2.09. The summed E-state index contributed by atoms with van der Waals surface area (Å²) in [5, 5.41) is 7.01. The van der Waals surface area contributed by atoms with Gasteiger partial charge in [-0.25, -0.2) is 4.98 Å².